The molecule has 3 aromatic carbocycles. The molecular weight excluding hydrogens is 472 g/mol. The Morgan fingerprint density at radius 3 is 2.44 bits per heavy atom. The van der Waals surface area contributed by atoms with Gasteiger partial charge in [-0.1, -0.05) is 36.4 Å². The number of halogens is 2. The summed E-state index contributed by atoms with van der Waals surface area (Å²) in [5.74, 6) is -1.79. The van der Waals surface area contributed by atoms with E-state index in [0.29, 0.717) is 27.5 Å². The number of hydrogen-bond donors (Lipinski definition) is 2. The van der Waals surface area contributed by atoms with Gasteiger partial charge in [-0.2, -0.15) is 0 Å². The zero-order valence-corrected chi connectivity index (χ0v) is 19.1. The highest BCUT2D eigenvalue weighted by Crippen LogP contribution is 2.30. The van der Waals surface area contributed by atoms with Gasteiger partial charge in [0.2, 0.25) is 5.91 Å². The van der Waals surface area contributed by atoms with Crippen molar-refractivity contribution in [2.75, 3.05) is 19.0 Å². The minimum absolute atomic E-state index is 0.0120. The number of rotatable bonds is 8. The molecule has 1 aliphatic heterocycles. The van der Waals surface area contributed by atoms with Crippen LogP contribution in [0.1, 0.15) is 11.1 Å². The average molecular weight is 493 g/mol. The first-order chi connectivity index (χ1) is 17.4. The van der Waals surface area contributed by atoms with E-state index in [1.807, 2.05) is 0 Å². The molecule has 1 fully saturated rings. The third-order valence-electron chi connectivity index (χ3n) is 5.25. The van der Waals surface area contributed by atoms with Crippen LogP contribution in [0.15, 0.2) is 72.4 Å². The number of imide groups is 1. The van der Waals surface area contributed by atoms with Gasteiger partial charge in [0.05, 0.1) is 12.8 Å². The van der Waals surface area contributed by atoms with Crippen molar-refractivity contribution < 1.29 is 32.6 Å². The first kappa shape index (κ1) is 24.4. The van der Waals surface area contributed by atoms with Crippen LogP contribution in [0.2, 0.25) is 0 Å². The largest absolute Gasteiger partial charge is 0.493 e. The molecule has 4 amide bonds. The Morgan fingerprint density at radius 2 is 1.72 bits per heavy atom. The second-order valence-electron chi connectivity index (χ2n) is 7.70. The molecule has 0 unspecified atom stereocenters. The lowest BCUT2D eigenvalue weighted by Crippen LogP contribution is -2.38. The van der Waals surface area contributed by atoms with Crippen LogP contribution in [-0.2, 0) is 16.2 Å². The van der Waals surface area contributed by atoms with E-state index in [0.717, 1.165) is 0 Å². The quantitative estimate of drug-likeness (QED) is 0.364. The SMILES string of the molecule is COc1cc(/C=C2/NC(=O)N(CC(=O)Nc3ccccc3F)C2=O)ccc1OCc1ccccc1F. The summed E-state index contributed by atoms with van der Waals surface area (Å²) in [5.41, 5.74) is 0.769. The van der Waals surface area contributed by atoms with Crippen LogP contribution in [0.25, 0.3) is 6.08 Å². The number of anilines is 1. The van der Waals surface area contributed by atoms with Gasteiger partial charge in [-0.15, -0.1) is 0 Å². The molecule has 1 heterocycles. The Kier molecular flexibility index (Phi) is 7.24. The number of amides is 4. The molecule has 4 rings (SSSR count). The van der Waals surface area contributed by atoms with E-state index in [2.05, 4.69) is 10.6 Å². The lowest BCUT2D eigenvalue weighted by atomic mass is 10.1. The Hall–Kier alpha value is -4.73. The van der Waals surface area contributed by atoms with Gasteiger partial charge in [-0.25, -0.2) is 18.5 Å². The number of hydrogen-bond acceptors (Lipinski definition) is 5. The summed E-state index contributed by atoms with van der Waals surface area (Å²) in [7, 11) is 1.43. The molecule has 184 valence electrons. The highest BCUT2D eigenvalue weighted by atomic mass is 19.1. The molecular formula is C26H21F2N3O5. The molecule has 1 aliphatic rings. The lowest BCUT2D eigenvalue weighted by Gasteiger charge is -2.12. The van der Waals surface area contributed by atoms with Crippen molar-refractivity contribution in [3.63, 3.8) is 0 Å². The molecule has 0 spiro atoms. The van der Waals surface area contributed by atoms with Crippen LogP contribution in [-0.4, -0.2) is 36.4 Å². The monoisotopic (exact) mass is 493 g/mol. The fraction of sp³-hybridized carbons (Fsp3) is 0.115. The van der Waals surface area contributed by atoms with Crippen molar-refractivity contribution in [2.24, 2.45) is 0 Å². The summed E-state index contributed by atoms with van der Waals surface area (Å²) in [6.07, 6.45) is 1.41. The van der Waals surface area contributed by atoms with Gasteiger partial charge >= 0.3 is 6.03 Å². The molecule has 0 radical (unpaired) electrons. The van der Waals surface area contributed by atoms with E-state index in [1.165, 1.54) is 43.5 Å². The maximum atomic E-state index is 13.8. The standard InChI is InChI=1S/C26H21F2N3O5/c1-35-23-13-16(10-11-22(23)36-15-17-6-2-3-7-18(17)27)12-21-25(33)31(26(34)30-21)14-24(32)29-20-9-5-4-8-19(20)28/h2-13H,14-15H2,1H3,(H,29,32)(H,30,34)/b21-12+. The van der Waals surface area contributed by atoms with E-state index in [4.69, 9.17) is 9.47 Å². The normalized spacial score (nSPS) is 14.1. The van der Waals surface area contributed by atoms with Crippen molar-refractivity contribution in [2.45, 2.75) is 6.61 Å². The summed E-state index contributed by atoms with van der Waals surface area (Å²) in [6.45, 7) is -0.607. The number of benzene rings is 3. The van der Waals surface area contributed by atoms with Gasteiger partial charge in [0.1, 0.15) is 30.5 Å². The Labute approximate surface area is 205 Å². The number of carbonyl (C=O) groups excluding carboxylic acids is 3. The minimum atomic E-state index is -0.785. The van der Waals surface area contributed by atoms with Crippen LogP contribution in [0.5, 0.6) is 11.5 Å². The van der Waals surface area contributed by atoms with Gasteiger partial charge in [-0.3, -0.25) is 9.59 Å². The van der Waals surface area contributed by atoms with Crippen molar-refractivity contribution in [1.29, 1.82) is 0 Å². The molecule has 0 saturated carbocycles. The number of carbonyl (C=O) groups is 3. The fourth-order valence-corrected chi connectivity index (χ4v) is 3.44. The van der Waals surface area contributed by atoms with E-state index < -0.39 is 30.2 Å². The third-order valence-corrected chi connectivity index (χ3v) is 5.25. The predicted octanol–water partition coefficient (Wildman–Crippen LogP) is 4.08. The van der Waals surface area contributed by atoms with Crippen molar-refractivity contribution in [3.05, 3.63) is 95.2 Å². The van der Waals surface area contributed by atoms with Gasteiger partial charge in [0.25, 0.3) is 5.91 Å². The Balaban J connectivity index is 1.44. The second-order valence-corrected chi connectivity index (χ2v) is 7.70. The molecule has 0 bridgehead atoms. The summed E-state index contributed by atoms with van der Waals surface area (Å²) in [4.78, 5) is 38.0. The fourth-order valence-electron chi connectivity index (χ4n) is 3.44. The maximum Gasteiger partial charge on any atom is 0.329 e. The van der Waals surface area contributed by atoms with Crippen molar-refractivity contribution in [3.8, 4) is 11.5 Å². The van der Waals surface area contributed by atoms with Gasteiger partial charge in [0.15, 0.2) is 11.5 Å². The number of nitrogens with one attached hydrogen (secondary N) is 2. The molecule has 8 nitrogen and oxygen atoms in total. The Bertz CT molecular complexity index is 1360. The molecule has 10 heteroatoms. The Morgan fingerprint density at radius 1 is 1.00 bits per heavy atom. The molecule has 1 saturated heterocycles. The van der Waals surface area contributed by atoms with E-state index in [1.54, 1.807) is 36.4 Å². The summed E-state index contributed by atoms with van der Waals surface area (Å²) in [6, 6.07) is 15.8. The van der Waals surface area contributed by atoms with Crippen LogP contribution >= 0.6 is 0 Å². The third kappa shape index (κ3) is 5.49. The number of urea groups is 1. The smallest absolute Gasteiger partial charge is 0.329 e. The number of para-hydroxylation sites is 1. The lowest BCUT2D eigenvalue weighted by molar-refractivity contribution is -0.127. The minimum Gasteiger partial charge on any atom is -0.493 e. The molecule has 0 aliphatic carbocycles. The molecule has 2 N–H and O–H groups in total. The maximum absolute atomic E-state index is 13.8. The zero-order chi connectivity index (χ0) is 25.7. The van der Waals surface area contributed by atoms with E-state index >= 15 is 0 Å². The predicted molar refractivity (Wildman–Crippen MR) is 127 cm³/mol. The van der Waals surface area contributed by atoms with Gasteiger partial charge in [0, 0.05) is 5.56 Å². The molecule has 0 atom stereocenters. The number of ether oxygens (including phenoxy) is 2. The summed E-state index contributed by atoms with van der Waals surface area (Å²) >= 11 is 0. The van der Waals surface area contributed by atoms with E-state index in [-0.39, 0.29) is 23.8 Å². The number of nitrogens with zero attached hydrogens (tertiary/aromatic N) is 1. The highest BCUT2D eigenvalue weighted by Gasteiger charge is 2.35. The number of methoxy groups -OCH3 is 1. The summed E-state index contributed by atoms with van der Waals surface area (Å²) < 4.78 is 38.6. The van der Waals surface area contributed by atoms with Crippen LogP contribution < -0.4 is 20.1 Å². The summed E-state index contributed by atoms with van der Waals surface area (Å²) in [5, 5.41) is 4.75. The first-order valence-electron chi connectivity index (χ1n) is 10.8. The van der Waals surface area contributed by atoms with Crippen molar-refractivity contribution >= 4 is 29.6 Å². The van der Waals surface area contributed by atoms with Crippen molar-refractivity contribution in [1.82, 2.24) is 10.2 Å². The first-order valence-corrected chi connectivity index (χ1v) is 10.8. The highest BCUT2D eigenvalue weighted by molar-refractivity contribution is 6.16. The topological polar surface area (TPSA) is 97.0 Å². The van der Waals surface area contributed by atoms with Crippen LogP contribution in [0.4, 0.5) is 19.3 Å². The average Bonchev–Trinajstić information content (AvgIpc) is 3.12. The van der Waals surface area contributed by atoms with E-state index in [9.17, 15) is 23.2 Å². The van der Waals surface area contributed by atoms with Crippen LogP contribution in [0.3, 0.4) is 0 Å². The zero-order valence-electron chi connectivity index (χ0n) is 19.1. The molecule has 3 aromatic rings. The van der Waals surface area contributed by atoms with Crippen LogP contribution in [0, 0.1) is 11.6 Å². The molecule has 36 heavy (non-hydrogen) atoms. The second kappa shape index (κ2) is 10.7. The van der Waals surface area contributed by atoms with Gasteiger partial charge in [-0.05, 0) is 42.0 Å². The molecule has 0 aromatic heterocycles. The van der Waals surface area contributed by atoms with Gasteiger partial charge < -0.3 is 20.1 Å².